The molecule has 3 rings (SSSR count). The Balaban J connectivity index is 1.96. The predicted molar refractivity (Wildman–Crippen MR) is 48.3 cm³/mol. The molecule has 0 aromatic carbocycles. The number of aromatic nitrogens is 4. The quantitative estimate of drug-likeness (QED) is 0.717. The van der Waals surface area contributed by atoms with Crippen molar-refractivity contribution >= 4 is 11.2 Å². The second kappa shape index (κ2) is 2.73. The number of fused-ring (bicyclic) bond motifs is 1. The van der Waals surface area contributed by atoms with Crippen molar-refractivity contribution in [2.24, 2.45) is 5.92 Å². The number of alkyl halides is 1. The zero-order chi connectivity index (χ0) is 9.54. The van der Waals surface area contributed by atoms with Crippen LogP contribution in [-0.4, -0.2) is 25.9 Å². The monoisotopic (exact) mass is 192 g/mol. The summed E-state index contributed by atoms with van der Waals surface area (Å²) in [5.41, 5.74) is 1.51. The standard InChI is InChI=1S/C9H9FN4/c10-7-3-6(7)5-14-9-8(4-13-14)11-1-2-12-9/h1-2,4,6-7H,3,5H2/t6-,7+/m1/s1. The molecule has 0 bridgehead atoms. The molecule has 0 saturated heterocycles. The minimum absolute atomic E-state index is 0.125. The van der Waals surface area contributed by atoms with Crippen LogP contribution in [0.15, 0.2) is 18.6 Å². The molecule has 4 nitrogen and oxygen atoms in total. The highest BCUT2D eigenvalue weighted by molar-refractivity contribution is 5.68. The molecule has 72 valence electrons. The highest BCUT2D eigenvalue weighted by Gasteiger charge is 2.38. The van der Waals surface area contributed by atoms with E-state index in [1.54, 1.807) is 23.3 Å². The molecule has 0 radical (unpaired) electrons. The van der Waals surface area contributed by atoms with Crippen LogP contribution in [0.2, 0.25) is 0 Å². The zero-order valence-corrected chi connectivity index (χ0v) is 7.47. The van der Waals surface area contributed by atoms with Crippen LogP contribution in [0.4, 0.5) is 4.39 Å². The molecule has 5 heteroatoms. The summed E-state index contributed by atoms with van der Waals surface area (Å²) >= 11 is 0. The maximum Gasteiger partial charge on any atom is 0.176 e. The number of halogens is 1. The molecule has 0 unspecified atom stereocenters. The summed E-state index contributed by atoms with van der Waals surface area (Å²) in [6.07, 6.45) is 4.93. The number of hydrogen-bond acceptors (Lipinski definition) is 3. The molecule has 2 aromatic heterocycles. The van der Waals surface area contributed by atoms with Gasteiger partial charge in [-0.15, -0.1) is 0 Å². The van der Waals surface area contributed by atoms with E-state index in [4.69, 9.17) is 0 Å². The molecule has 1 fully saturated rings. The molecule has 1 aliphatic rings. The van der Waals surface area contributed by atoms with Crippen molar-refractivity contribution < 1.29 is 4.39 Å². The van der Waals surface area contributed by atoms with E-state index in [2.05, 4.69) is 15.1 Å². The van der Waals surface area contributed by atoms with Gasteiger partial charge in [-0.1, -0.05) is 0 Å². The fourth-order valence-corrected chi connectivity index (χ4v) is 1.57. The van der Waals surface area contributed by atoms with E-state index < -0.39 is 6.17 Å². The van der Waals surface area contributed by atoms with Crippen molar-refractivity contribution in [2.75, 3.05) is 0 Å². The fraction of sp³-hybridized carbons (Fsp3) is 0.444. The van der Waals surface area contributed by atoms with Crippen LogP contribution in [0.1, 0.15) is 6.42 Å². The Kier molecular flexibility index (Phi) is 1.53. The first-order valence-corrected chi connectivity index (χ1v) is 4.61. The minimum atomic E-state index is -0.647. The molecule has 2 atom stereocenters. The van der Waals surface area contributed by atoms with E-state index >= 15 is 0 Å². The Morgan fingerprint density at radius 1 is 1.43 bits per heavy atom. The Morgan fingerprint density at radius 3 is 3.00 bits per heavy atom. The van der Waals surface area contributed by atoms with Gasteiger partial charge in [0.15, 0.2) is 5.65 Å². The Morgan fingerprint density at radius 2 is 2.21 bits per heavy atom. The summed E-state index contributed by atoms with van der Waals surface area (Å²) in [6.45, 7) is 0.614. The number of rotatable bonds is 2. The number of nitrogens with zero attached hydrogens (tertiary/aromatic N) is 4. The van der Waals surface area contributed by atoms with Crippen LogP contribution in [0.5, 0.6) is 0 Å². The van der Waals surface area contributed by atoms with Gasteiger partial charge in [-0.2, -0.15) is 5.10 Å². The lowest BCUT2D eigenvalue weighted by molar-refractivity contribution is 0.419. The van der Waals surface area contributed by atoms with Crippen molar-refractivity contribution in [3.05, 3.63) is 18.6 Å². The lowest BCUT2D eigenvalue weighted by atomic mass is 10.4. The van der Waals surface area contributed by atoms with Crippen molar-refractivity contribution in [2.45, 2.75) is 19.1 Å². The maximum atomic E-state index is 12.7. The molecular weight excluding hydrogens is 183 g/mol. The highest BCUT2D eigenvalue weighted by atomic mass is 19.1. The van der Waals surface area contributed by atoms with Gasteiger partial charge in [-0.05, 0) is 6.42 Å². The van der Waals surface area contributed by atoms with E-state index in [0.717, 1.165) is 11.2 Å². The largest absolute Gasteiger partial charge is 0.250 e. The summed E-state index contributed by atoms with van der Waals surface area (Å²) in [7, 11) is 0. The molecule has 2 aromatic rings. The SMILES string of the molecule is F[C@H]1C[C@@H]1Cn1ncc2nccnc21. The van der Waals surface area contributed by atoms with Gasteiger partial charge in [0.1, 0.15) is 11.7 Å². The lowest BCUT2D eigenvalue weighted by Crippen LogP contribution is -2.03. The summed E-state index contributed by atoms with van der Waals surface area (Å²) < 4.78 is 14.4. The summed E-state index contributed by atoms with van der Waals surface area (Å²) in [5.74, 6) is 0.125. The van der Waals surface area contributed by atoms with Gasteiger partial charge in [-0.25, -0.2) is 19.0 Å². The second-order valence-electron chi connectivity index (χ2n) is 3.60. The lowest BCUT2D eigenvalue weighted by Gasteiger charge is -1.99. The molecular formula is C9H9FN4. The summed E-state index contributed by atoms with van der Waals surface area (Å²) in [4.78, 5) is 8.27. The third-order valence-corrected chi connectivity index (χ3v) is 2.51. The van der Waals surface area contributed by atoms with Gasteiger partial charge in [0.2, 0.25) is 0 Å². The first-order chi connectivity index (χ1) is 6.84. The summed E-state index contributed by atoms with van der Waals surface area (Å²) in [5, 5.41) is 4.13. The smallest absolute Gasteiger partial charge is 0.176 e. The van der Waals surface area contributed by atoms with E-state index in [-0.39, 0.29) is 5.92 Å². The molecule has 0 N–H and O–H groups in total. The Bertz CT molecular complexity index is 467. The van der Waals surface area contributed by atoms with E-state index in [1.807, 2.05) is 0 Å². The average molecular weight is 192 g/mol. The molecule has 2 heterocycles. The van der Waals surface area contributed by atoms with Crippen LogP contribution in [0.25, 0.3) is 11.2 Å². The third kappa shape index (κ3) is 1.16. The van der Waals surface area contributed by atoms with E-state index in [1.165, 1.54) is 0 Å². The minimum Gasteiger partial charge on any atom is -0.250 e. The third-order valence-electron chi connectivity index (χ3n) is 2.51. The Labute approximate surface area is 79.8 Å². The molecule has 1 aliphatic carbocycles. The van der Waals surface area contributed by atoms with Gasteiger partial charge in [0, 0.05) is 24.9 Å². The molecule has 1 saturated carbocycles. The van der Waals surface area contributed by atoms with E-state index in [0.29, 0.717) is 13.0 Å². The van der Waals surface area contributed by atoms with Crippen molar-refractivity contribution in [3.63, 3.8) is 0 Å². The van der Waals surface area contributed by atoms with Crippen LogP contribution < -0.4 is 0 Å². The predicted octanol–water partition coefficient (Wildman–Crippen LogP) is 1.18. The van der Waals surface area contributed by atoms with Crippen molar-refractivity contribution in [1.82, 2.24) is 19.7 Å². The van der Waals surface area contributed by atoms with Crippen LogP contribution >= 0.6 is 0 Å². The van der Waals surface area contributed by atoms with Crippen molar-refractivity contribution in [3.8, 4) is 0 Å². The van der Waals surface area contributed by atoms with Crippen LogP contribution in [0, 0.1) is 5.92 Å². The molecule has 0 spiro atoms. The Hall–Kier alpha value is -1.52. The maximum absolute atomic E-state index is 12.7. The summed E-state index contributed by atoms with van der Waals surface area (Å²) in [6, 6.07) is 0. The number of hydrogen-bond donors (Lipinski definition) is 0. The average Bonchev–Trinajstić information content (AvgIpc) is 2.75. The normalized spacial score (nSPS) is 25.5. The highest BCUT2D eigenvalue weighted by Crippen LogP contribution is 2.35. The van der Waals surface area contributed by atoms with Crippen LogP contribution in [-0.2, 0) is 6.54 Å². The molecule has 14 heavy (non-hydrogen) atoms. The van der Waals surface area contributed by atoms with Gasteiger partial charge < -0.3 is 0 Å². The first kappa shape index (κ1) is 7.84. The van der Waals surface area contributed by atoms with Gasteiger partial charge >= 0.3 is 0 Å². The zero-order valence-electron chi connectivity index (χ0n) is 7.47. The second-order valence-corrected chi connectivity index (χ2v) is 3.60. The molecule has 0 amide bonds. The van der Waals surface area contributed by atoms with E-state index in [9.17, 15) is 4.39 Å². The topological polar surface area (TPSA) is 43.6 Å². The van der Waals surface area contributed by atoms with Crippen molar-refractivity contribution in [1.29, 1.82) is 0 Å². The van der Waals surface area contributed by atoms with Gasteiger partial charge in [0.25, 0.3) is 0 Å². The molecule has 0 aliphatic heterocycles. The van der Waals surface area contributed by atoms with Crippen LogP contribution in [0.3, 0.4) is 0 Å². The first-order valence-electron chi connectivity index (χ1n) is 4.61. The van der Waals surface area contributed by atoms with Gasteiger partial charge in [-0.3, -0.25) is 0 Å². The fourth-order valence-electron chi connectivity index (χ4n) is 1.57. The van der Waals surface area contributed by atoms with Gasteiger partial charge in [0.05, 0.1) is 6.20 Å².